The van der Waals surface area contributed by atoms with Crippen LogP contribution in [-0.4, -0.2) is 24.0 Å². The highest BCUT2D eigenvalue weighted by Crippen LogP contribution is 2.37. The van der Waals surface area contributed by atoms with E-state index in [9.17, 15) is 0 Å². The Morgan fingerprint density at radius 2 is 2.39 bits per heavy atom. The number of benzene rings is 1. The van der Waals surface area contributed by atoms with Gasteiger partial charge in [-0.05, 0) is 54.8 Å². The summed E-state index contributed by atoms with van der Waals surface area (Å²) in [6, 6.07) is 7.01. The Hall–Kier alpha value is -0.0300. The van der Waals surface area contributed by atoms with Crippen molar-refractivity contribution in [2.75, 3.05) is 18.9 Å². The summed E-state index contributed by atoms with van der Waals surface area (Å²) in [5.74, 6) is 1.71. The van der Waals surface area contributed by atoms with Gasteiger partial charge in [0.1, 0.15) is 0 Å². The van der Waals surface area contributed by atoms with E-state index in [0.717, 1.165) is 17.4 Å². The zero-order valence-electron chi connectivity index (χ0n) is 10.7. The molecule has 0 radical (unpaired) electrons. The number of nitrogens with one attached hydrogen (secondary N) is 1. The van der Waals surface area contributed by atoms with E-state index in [1.54, 1.807) is 0 Å². The van der Waals surface area contributed by atoms with Crippen LogP contribution in [0, 0.1) is 5.92 Å². The Morgan fingerprint density at radius 3 is 3.17 bits per heavy atom. The van der Waals surface area contributed by atoms with E-state index in [0.29, 0.717) is 12.0 Å². The van der Waals surface area contributed by atoms with E-state index >= 15 is 0 Å². The second-order valence-corrected chi connectivity index (χ2v) is 6.95. The topological polar surface area (TPSA) is 32.3 Å². The number of hydrogen-bond donors (Lipinski definition) is 2. The van der Waals surface area contributed by atoms with E-state index in [1.165, 1.54) is 22.6 Å². The van der Waals surface area contributed by atoms with Crippen LogP contribution in [0.2, 0.25) is 0 Å². The van der Waals surface area contributed by atoms with Crippen molar-refractivity contribution in [3.05, 3.63) is 28.2 Å². The largest absolute Gasteiger partial charge is 0.396 e. The first kappa shape index (κ1) is 14.4. The highest BCUT2D eigenvalue weighted by Gasteiger charge is 2.20. The highest BCUT2D eigenvalue weighted by molar-refractivity contribution is 9.10. The molecule has 1 heterocycles. The lowest BCUT2D eigenvalue weighted by atomic mass is 10.0. The van der Waals surface area contributed by atoms with Crippen molar-refractivity contribution in [3.63, 3.8) is 0 Å². The van der Waals surface area contributed by atoms with E-state index in [4.69, 9.17) is 5.11 Å². The van der Waals surface area contributed by atoms with Crippen molar-refractivity contribution in [1.29, 1.82) is 0 Å². The number of aliphatic hydroxyl groups is 1. The summed E-state index contributed by atoms with van der Waals surface area (Å²) in [5, 5.41) is 12.6. The molecule has 0 aromatic heterocycles. The first-order chi connectivity index (χ1) is 8.70. The average molecular weight is 330 g/mol. The maximum atomic E-state index is 8.93. The van der Waals surface area contributed by atoms with Crippen LogP contribution < -0.4 is 5.32 Å². The molecule has 1 aromatic carbocycles. The normalized spacial score (nSPS) is 20.5. The van der Waals surface area contributed by atoms with Crippen molar-refractivity contribution in [2.24, 2.45) is 5.92 Å². The Balaban J connectivity index is 2.01. The maximum absolute atomic E-state index is 8.93. The van der Waals surface area contributed by atoms with Gasteiger partial charge in [0.2, 0.25) is 0 Å². The van der Waals surface area contributed by atoms with Gasteiger partial charge in [-0.25, -0.2) is 0 Å². The molecule has 0 fully saturated rings. The molecule has 1 aromatic rings. The van der Waals surface area contributed by atoms with Crippen LogP contribution in [-0.2, 0) is 0 Å². The molecule has 0 saturated carbocycles. The van der Waals surface area contributed by atoms with Crippen molar-refractivity contribution in [3.8, 4) is 0 Å². The molecule has 1 aliphatic heterocycles. The van der Waals surface area contributed by atoms with Crippen LogP contribution in [0.3, 0.4) is 0 Å². The zero-order valence-corrected chi connectivity index (χ0v) is 13.1. The molecule has 0 amide bonds. The maximum Gasteiger partial charge on any atom is 0.0434 e. The van der Waals surface area contributed by atoms with Crippen LogP contribution >= 0.6 is 27.7 Å². The molecule has 0 saturated heterocycles. The Labute approximate surface area is 122 Å². The number of aliphatic hydroxyl groups excluding tert-OH is 1. The molecule has 2 rings (SSSR count). The third-order valence-corrected chi connectivity index (χ3v) is 4.96. The second-order valence-electron chi connectivity index (χ2n) is 4.90. The molecule has 2 unspecified atom stereocenters. The number of hydrogen-bond acceptors (Lipinski definition) is 3. The third-order valence-electron chi connectivity index (χ3n) is 3.35. The molecule has 2 nitrogen and oxygen atoms in total. The SMILES string of the molecule is CC(CCO)CNC1CCSc2ccc(Br)cc21. The van der Waals surface area contributed by atoms with Gasteiger partial charge < -0.3 is 10.4 Å². The van der Waals surface area contributed by atoms with Gasteiger partial charge in [-0.2, -0.15) is 0 Å². The summed E-state index contributed by atoms with van der Waals surface area (Å²) in [4.78, 5) is 1.40. The average Bonchev–Trinajstić information content (AvgIpc) is 2.36. The van der Waals surface area contributed by atoms with Gasteiger partial charge in [-0.15, -0.1) is 11.8 Å². The van der Waals surface area contributed by atoms with Gasteiger partial charge in [-0.3, -0.25) is 0 Å². The Bertz CT molecular complexity index is 399. The fourth-order valence-corrected chi connectivity index (χ4v) is 3.73. The third kappa shape index (κ3) is 3.73. The molecule has 0 aliphatic carbocycles. The van der Waals surface area contributed by atoms with Gasteiger partial charge in [-0.1, -0.05) is 22.9 Å². The minimum Gasteiger partial charge on any atom is -0.396 e. The fraction of sp³-hybridized carbons (Fsp3) is 0.571. The van der Waals surface area contributed by atoms with Gasteiger partial charge in [0.05, 0.1) is 0 Å². The van der Waals surface area contributed by atoms with Crippen LogP contribution in [0.15, 0.2) is 27.6 Å². The van der Waals surface area contributed by atoms with Crippen molar-refractivity contribution in [1.82, 2.24) is 5.32 Å². The zero-order chi connectivity index (χ0) is 13.0. The molecule has 0 bridgehead atoms. The van der Waals surface area contributed by atoms with Crippen LogP contribution in [0.1, 0.15) is 31.4 Å². The van der Waals surface area contributed by atoms with Crippen molar-refractivity contribution >= 4 is 27.7 Å². The lowest BCUT2D eigenvalue weighted by molar-refractivity contribution is 0.257. The summed E-state index contributed by atoms with van der Waals surface area (Å²) >= 11 is 5.50. The molecule has 2 N–H and O–H groups in total. The first-order valence-electron chi connectivity index (χ1n) is 6.47. The van der Waals surface area contributed by atoms with Crippen molar-refractivity contribution < 1.29 is 5.11 Å². The molecular formula is C14H20BrNOS. The second kappa shape index (κ2) is 6.94. The summed E-state index contributed by atoms with van der Waals surface area (Å²) in [6.07, 6.45) is 2.06. The minimum absolute atomic E-state index is 0.283. The monoisotopic (exact) mass is 329 g/mol. The van der Waals surface area contributed by atoms with Crippen LogP contribution in [0.4, 0.5) is 0 Å². The minimum atomic E-state index is 0.283. The summed E-state index contributed by atoms with van der Waals surface area (Å²) in [6.45, 7) is 3.44. The molecule has 2 atom stereocenters. The smallest absolute Gasteiger partial charge is 0.0434 e. The standard InChI is InChI=1S/C14H20BrNOS/c1-10(4-6-17)9-16-13-5-7-18-14-3-2-11(15)8-12(13)14/h2-3,8,10,13,16-17H,4-7,9H2,1H3. The molecular weight excluding hydrogens is 310 g/mol. The van der Waals surface area contributed by atoms with E-state index < -0.39 is 0 Å². The van der Waals surface area contributed by atoms with Crippen molar-refractivity contribution in [2.45, 2.75) is 30.7 Å². The molecule has 1 aliphatic rings. The van der Waals surface area contributed by atoms with E-state index in [1.807, 2.05) is 11.8 Å². The molecule has 100 valence electrons. The van der Waals surface area contributed by atoms with Gasteiger partial charge in [0.15, 0.2) is 0 Å². The molecule has 18 heavy (non-hydrogen) atoms. The number of fused-ring (bicyclic) bond motifs is 1. The van der Waals surface area contributed by atoms with E-state index in [-0.39, 0.29) is 6.61 Å². The Morgan fingerprint density at radius 1 is 1.56 bits per heavy atom. The quantitative estimate of drug-likeness (QED) is 0.865. The van der Waals surface area contributed by atoms with Crippen LogP contribution in [0.25, 0.3) is 0 Å². The van der Waals surface area contributed by atoms with Gasteiger partial charge in [0, 0.05) is 22.0 Å². The summed E-state index contributed by atoms with van der Waals surface area (Å²) in [5.41, 5.74) is 1.41. The number of rotatable bonds is 5. The summed E-state index contributed by atoms with van der Waals surface area (Å²) < 4.78 is 1.15. The van der Waals surface area contributed by atoms with Crippen LogP contribution in [0.5, 0.6) is 0 Å². The first-order valence-corrected chi connectivity index (χ1v) is 8.25. The van der Waals surface area contributed by atoms with Gasteiger partial charge in [0.25, 0.3) is 0 Å². The number of thioether (sulfide) groups is 1. The predicted octanol–water partition coefficient (Wildman–Crippen LogP) is 3.59. The highest BCUT2D eigenvalue weighted by atomic mass is 79.9. The van der Waals surface area contributed by atoms with E-state index in [2.05, 4.69) is 46.4 Å². The Kier molecular flexibility index (Phi) is 5.55. The van der Waals surface area contributed by atoms with Gasteiger partial charge >= 0.3 is 0 Å². The predicted molar refractivity (Wildman–Crippen MR) is 81.1 cm³/mol. The fourth-order valence-electron chi connectivity index (χ4n) is 2.24. The molecule has 4 heteroatoms. The number of halogens is 1. The lowest BCUT2D eigenvalue weighted by Crippen LogP contribution is -2.29. The summed E-state index contributed by atoms with van der Waals surface area (Å²) in [7, 11) is 0. The lowest BCUT2D eigenvalue weighted by Gasteiger charge is -2.27. The molecule has 0 spiro atoms.